The van der Waals surface area contributed by atoms with E-state index >= 15 is 0 Å². The highest BCUT2D eigenvalue weighted by Crippen LogP contribution is 1.96. The maximum Gasteiger partial charge on any atom is 0.303 e. The molecule has 0 radical (unpaired) electrons. The predicted molar refractivity (Wildman–Crippen MR) is 51.7 cm³/mol. The maximum absolute atomic E-state index is 9.81. The molecule has 0 rings (SSSR count). The van der Waals surface area contributed by atoms with E-state index in [9.17, 15) is 4.79 Å². The van der Waals surface area contributed by atoms with Crippen molar-refractivity contribution in [2.75, 3.05) is 21.1 Å². The number of hydrogen-bond acceptors (Lipinski definition) is 3. The van der Waals surface area contributed by atoms with E-state index in [1.54, 1.807) is 0 Å². The molecule has 0 bridgehead atoms. The first kappa shape index (κ1) is 17.5. The summed E-state index contributed by atoms with van der Waals surface area (Å²) < 4.78 is 0. The Hall–Kier alpha value is -0.610. The van der Waals surface area contributed by atoms with Crippen LogP contribution in [0.15, 0.2) is 0 Å². The van der Waals surface area contributed by atoms with Gasteiger partial charge in [0.1, 0.15) is 0 Å². The molecule has 0 aromatic carbocycles. The fourth-order valence-corrected chi connectivity index (χ4v) is 0.349. The van der Waals surface area contributed by atoms with Gasteiger partial charge in [-0.1, -0.05) is 13.8 Å². The van der Waals surface area contributed by atoms with Crippen LogP contribution in [0.5, 0.6) is 0 Å². The van der Waals surface area contributed by atoms with Gasteiger partial charge >= 0.3 is 5.97 Å². The van der Waals surface area contributed by atoms with Gasteiger partial charge in [0.25, 0.3) is 0 Å². The summed E-state index contributed by atoms with van der Waals surface area (Å²) in [7, 11) is 6.00. The van der Waals surface area contributed by atoms with E-state index in [4.69, 9.17) is 5.11 Å². The molecule has 0 fully saturated rings. The Balaban J connectivity index is -0.000000142. The molecule has 0 atom stereocenters. The number of hydrogen-bond donors (Lipinski definition) is 2. The molecule has 76 valence electrons. The van der Waals surface area contributed by atoms with E-state index < -0.39 is 5.97 Å². The fraction of sp³-hybridized carbons (Fsp3) is 0.875. The standard InChI is InChI=1S/C5H10O2.C3H9N.H3N/c1-4(2)3-5(6)7;1-4(2)3;/h4H,3H2,1-2H3,(H,6,7);1-3H3;1H3. The Morgan fingerprint density at radius 3 is 1.58 bits per heavy atom. The minimum atomic E-state index is -0.713. The summed E-state index contributed by atoms with van der Waals surface area (Å²) in [5, 5.41) is 8.08. The second-order valence-electron chi connectivity index (χ2n) is 3.33. The zero-order chi connectivity index (χ0) is 9.44. The van der Waals surface area contributed by atoms with E-state index in [1.807, 2.05) is 39.9 Å². The second-order valence-corrected chi connectivity index (χ2v) is 3.33. The van der Waals surface area contributed by atoms with Crippen molar-refractivity contribution >= 4 is 5.97 Å². The topological polar surface area (TPSA) is 75.5 Å². The summed E-state index contributed by atoms with van der Waals surface area (Å²) in [6.45, 7) is 3.77. The van der Waals surface area contributed by atoms with Gasteiger partial charge in [-0.3, -0.25) is 4.79 Å². The van der Waals surface area contributed by atoms with Crippen LogP contribution in [0, 0.1) is 5.92 Å². The van der Waals surface area contributed by atoms with Crippen molar-refractivity contribution in [1.82, 2.24) is 11.1 Å². The Morgan fingerprint density at radius 1 is 1.33 bits per heavy atom. The zero-order valence-electron chi connectivity index (χ0n) is 8.79. The van der Waals surface area contributed by atoms with Gasteiger partial charge in [-0.2, -0.15) is 0 Å². The summed E-state index contributed by atoms with van der Waals surface area (Å²) >= 11 is 0. The zero-order valence-corrected chi connectivity index (χ0v) is 8.79. The molecule has 4 N–H and O–H groups in total. The van der Waals surface area contributed by atoms with Crippen LogP contribution in [0.1, 0.15) is 20.3 Å². The van der Waals surface area contributed by atoms with E-state index in [0.717, 1.165) is 0 Å². The number of rotatable bonds is 2. The third-order valence-corrected chi connectivity index (χ3v) is 0.583. The SMILES string of the molecule is CC(C)CC(=O)O.CN(C)C.N. The lowest BCUT2D eigenvalue weighted by molar-refractivity contribution is -0.137. The van der Waals surface area contributed by atoms with Gasteiger partial charge < -0.3 is 16.2 Å². The third kappa shape index (κ3) is 57.5. The minimum absolute atomic E-state index is 0. The summed E-state index contributed by atoms with van der Waals surface area (Å²) in [6, 6.07) is 0. The van der Waals surface area contributed by atoms with Gasteiger partial charge in [0, 0.05) is 6.42 Å². The third-order valence-electron chi connectivity index (χ3n) is 0.583. The van der Waals surface area contributed by atoms with Crippen molar-refractivity contribution < 1.29 is 9.90 Å². The molecular formula is C8H22N2O2. The highest BCUT2D eigenvalue weighted by Gasteiger charge is 1.98. The highest BCUT2D eigenvalue weighted by molar-refractivity contribution is 5.66. The van der Waals surface area contributed by atoms with E-state index in [1.165, 1.54) is 0 Å². The minimum Gasteiger partial charge on any atom is -0.481 e. The largest absolute Gasteiger partial charge is 0.481 e. The summed E-state index contributed by atoms with van der Waals surface area (Å²) in [5.74, 6) is -0.438. The summed E-state index contributed by atoms with van der Waals surface area (Å²) in [5.41, 5.74) is 0. The predicted octanol–water partition coefficient (Wildman–Crippen LogP) is 1.46. The first-order chi connectivity index (χ1) is 4.86. The van der Waals surface area contributed by atoms with Crippen molar-refractivity contribution in [3.63, 3.8) is 0 Å². The lowest BCUT2D eigenvalue weighted by atomic mass is 10.1. The molecule has 0 unspecified atom stereocenters. The van der Waals surface area contributed by atoms with Gasteiger partial charge in [0.15, 0.2) is 0 Å². The number of nitrogens with zero attached hydrogens (tertiary/aromatic N) is 1. The van der Waals surface area contributed by atoms with Crippen molar-refractivity contribution in [3.8, 4) is 0 Å². The fourth-order valence-electron chi connectivity index (χ4n) is 0.349. The van der Waals surface area contributed by atoms with Crippen LogP contribution in [0.3, 0.4) is 0 Å². The molecule has 4 nitrogen and oxygen atoms in total. The maximum atomic E-state index is 9.81. The Bertz CT molecular complexity index is 100. The second kappa shape index (κ2) is 10.4. The van der Waals surface area contributed by atoms with Crippen LogP contribution < -0.4 is 6.15 Å². The van der Waals surface area contributed by atoms with Gasteiger partial charge in [0.05, 0.1) is 0 Å². The van der Waals surface area contributed by atoms with Gasteiger partial charge in [-0.25, -0.2) is 0 Å². The molecule has 0 aliphatic heterocycles. The van der Waals surface area contributed by atoms with Crippen molar-refractivity contribution in [2.45, 2.75) is 20.3 Å². The van der Waals surface area contributed by atoms with Crippen molar-refractivity contribution in [3.05, 3.63) is 0 Å². The molecule has 0 aromatic heterocycles. The molecule has 0 aliphatic carbocycles. The van der Waals surface area contributed by atoms with Crippen LogP contribution >= 0.6 is 0 Å². The molecule has 0 aromatic rings. The number of carboxylic acid groups (broad SMARTS) is 1. The normalized spacial score (nSPS) is 8.58. The van der Waals surface area contributed by atoms with E-state index in [0.29, 0.717) is 0 Å². The Labute approximate surface area is 75.2 Å². The molecule has 0 saturated carbocycles. The molecule has 0 spiro atoms. The molecule has 0 heterocycles. The Kier molecular flexibility index (Phi) is 15.1. The van der Waals surface area contributed by atoms with Crippen LogP contribution in [0.2, 0.25) is 0 Å². The van der Waals surface area contributed by atoms with Crippen LogP contribution in [-0.4, -0.2) is 37.1 Å². The monoisotopic (exact) mass is 178 g/mol. The highest BCUT2D eigenvalue weighted by atomic mass is 16.4. The van der Waals surface area contributed by atoms with Crippen LogP contribution in [0.25, 0.3) is 0 Å². The molecule has 0 saturated heterocycles. The smallest absolute Gasteiger partial charge is 0.303 e. The number of aliphatic carboxylic acids is 1. The quantitative estimate of drug-likeness (QED) is 0.671. The Morgan fingerprint density at radius 2 is 1.58 bits per heavy atom. The summed E-state index contributed by atoms with van der Waals surface area (Å²) in [4.78, 5) is 11.8. The molecule has 4 heteroatoms. The van der Waals surface area contributed by atoms with Gasteiger partial charge in [-0.15, -0.1) is 0 Å². The van der Waals surface area contributed by atoms with Crippen LogP contribution in [-0.2, 0) is 4.79 Å². The first-order valence-electron chi connectivity index (χ1n) is 3.69. The number of carbonyl (C=O) groups is 1. The van der Waals surface area contributed by atoms with Crippen molar-refractivity contribution in [1.29, 1.82) is 0 Å². The van der Waals surface area contributed by atoms with Gasteiger partial charge in [-0.05, 0) is 27.1 Å². The summed E-state index contributed by atoms with van der Waals surface area (Å²) in [6.07, 6.45) is 0.278. The molecule has 0 aliphatic rings. The first-order valence-corrected chi connectivity index (χ1v) is 3.69. The van der Waals surface area contributed by atoms with Gasteiger partial charge in [0.2, 0.25) is 0 Å². The van der Waals surface area contributed by atoms with Crippen LogP contribution in [0.4, 0.5) is 0 Å². The van der Waals surface area contributed by atoms with E-state index in [2.05, 4.69) is 0 Å². The lowest BCUT2D eigenvalue weighted by Crippen LogP contribution is -1.99. The lowest BCUT2D eigenvalue weighted by Gasteiger charge is -1.94. The average molecular weight is 178 g/mol. The molecule has 12 heavy (non-hydrogen) atoms. The van der Waals surface area contributed by atoms with E-state index in [-0.39, 0.29) is 18.5 Å². The number of carboxylic acids is 1. The van der Waals surface area contributed by atoms with Crippen molar-refractivity contribution in [2.24, 2.45) is 5.92 Å². The molecule has 0 amide bonds. The average Bonchev–Trinajstić information content (AvgIpc) is 1.56. The molecular weight excluding hydrogens is 156 g/mol.